The zero-order valence-electron chi connectivity index (χ0n) is 13.4. The molecule has 0 spiro atoms. The van der Waals surface area contributed by atoms with Crippen LogP contribution in [0.4, 0.5) is 0 Å². The van der Waals surface area contributed by atoms with Crippen LogP contribution in [-0.2, 0) is 0 Å². The maximum Gasteiger partial charge on any atom is 0.193 e. The molecule has 1 aromatic rings. The maximum atomic E-state index is 4.37. The molecular formula is C17H28IN3. The first-order chi connectivity index (χ1) is 9.76. The van der Waals surface area contributed by atoms with Gasteiger partial charge in [-0.2, -0.15) is 0 Å². The Bertz CT molecular complexity index is 433. The van der Waals surface area contributed by atoms with Crippen LogP contribution in [0.25, 0.3) is 0 Å². The third kappa shape index (κ3) is 5.49. The van der Waals surface area contributed by atoms with E-state index >= 15 is 0 Å². The monoisotopic (exact) mass is 401 g/mol. The van der Waals surface area contributed by atoms with Crippen LogP contribution in [0.1, 0.15) is 37.7 Å². The summed E-state index contributed by atoms with van der Waals surface area (Å²) in [6.45, 7) is 4.32. The Morgan fingerprint density at radius 1 is 1.33 bits per heavy atom. The van der Waals surface area contributed by atoms with Gasteiger partial charge in [0.1, 0.15) is 0 Å². The van der Waals surface area contributed by atoms with Crippen molar-refractivity contribution < 1.29 is 0 Å². The first-order valence-corrected chi connectivity index (χ1v) is 7.73. The molecule has 21 heavy (non-hydrogen) atoms. The van der Waals surface area contributed by atoms with E-state index < -0.39 is 0 Å². The normalized spacial score (nSPS) is 20.6. The summed E-state index contributed by atoms with van der Waals surface area (Å²) in [6, 6.07) is 10.8. The summed E-state index contributed by atoms with van der Waals surface area (Å²) in [7, 11) is 3.99. The van der Waals surface area contributed by atoms with Gasteiger partial charge in [-0.25, -0.2) is 0 Å². The van der Waals surface area contributed by atoms with Crippen molar-refractivity contribution in [3.8, 4) is 0 Å². The van der Waals surface area contributed by atoms with E-state index in [1.807, 2.05) is 7.05 Å². The molecular weight excluding hydrogens is 373 g/mol. The van der Waals surface area contributed by atoms with Crippen molar-refractivity contribution >= 4 is 29.9 Å². The van der Waals surface area contributed by atoms with E-state index in [1.54, 1.807) is 0 Å². The molecule has 0 saturated heterocycles. The molecule has 0 bridgehead atoms. The Morgan fingerprint density at radius 2 is 2.05 bits per heavy atom. The van der Waals surface area contributed by atoms with E-state index in [2.05, 4.69) is 59.5 Å². The van der Waals surface area contributed by atoms with Gasteiger partial charge in [0.25, 0.3) is 0 Å². The minimum absolute atomic E-state index is 0. The molecule has 0 aromatic heterocycles. The highest BCUT2D eigenvalue weighted by Crippen LogP contribution is 2.46. The zero-order chi connectivity index (χ0) is 14.4. The highest BCUT2D eigenvalue weighted by Gasteiger charge is 2.37. The van der Waals surface area contributed by atoms with Gasteiger partial charge in [0.05, 0.1) is 0 Å². The van der Waals surface area contributed by atoms with Crippen LogP contribution < -0.4 is 5.32 Å². The Balaban J connectivity index is 0.00000220. The number of hydrogen-bond acceptors (Lipinski definition) is 1. The number of hydrogen-bond donors (Lipinski definition) is 1. The van der Waals surface area contributed by atoms with Crippen molar-refractivity contribution in [3.63, 3.8) is 0 Å². The minimum atomic E-state index is 0. The average molecular weight is 401 g/mol. The molecule has 0 aliphatic heterocycles. The summed E-state index contributed by atoms with van der Waals surface area (Å²) in [6.07, 6.45) is 3.74. The first-order valence-electron chi connectivity index (χ1n) is 7.73. The standard InChI is InChI=1S/C17H27N3.HI/c1-4-5-11-20(3)17(18-2)19-13-15-12-16(15)14-9-7-6-8-10-14;/h6-10,15-16H,4-5,11-13H2,1-3H3,(H,18,19);1H. The fraction of sp³-hybridized carbons (Fsp3) is 0.588. The summed E-state index contributed by atoms with van der Waals surface area (Å²) < 4.78 is 0. The number of halogens is 1. The van der Waals surface area contributed by atoms with E-state index in [-0.39, 0.29) is 24.0 Å². The second-order valence-corrected chi connectivity index (χ2v) is 5.72. The van der Waals surface area contributed by atoms with Crippen LogP contribution in [-0.4, -0.2) is 38.0 Å². The molecule has 1 aromatic carbocycles. The predicted octanol–water partition coefficient (Wildman–Crippen LogP) is 3.72. The van der Waals surface area contributed by atoms with E-state index in [4.69, 9.17) is 0 Å². The van der Waals surface area contributed by atoms with Crippen LogP contribution in [0.5, 0.6) is 0 Å². The van der Waals surface area contributed by atoms with Crippen molar-refractivity contribution in [1.29, 1.82) is 0 Å². The fourth-order valence-corrected chi connectivity index (χ4v) is 2.69. The molecule has 3 nitrogen and oxygen atoms in total. The molecule has 2 rings (SSSR count). The maximum absolute atomic E-state index is 4.37. The fourth-order valence-electron chi connectivity index (χ4n) is 2.69. The second-order valence-electron chi connectivity index (χ2n) is 5.72. The summed E-state index contributed by atoms with van der Waals surface area (Å²) in [5.41, 5.74) is 1.48. The summed E-state index contributed by atoms with van der Waals surface area (Å²) in [5, 5.41) is 3.52. The lowest BCUT2D eigenvalue weighted by atomic mass is 10.1. The number of rotatable bonds is 6. The lowest BCUT2D eigenvalue weighted by molar-refractivity contribution is 0.462. The molecule has 1 fully saturated rings. The number of aliphatic imine (C=N–C) groups is 1. The van der Waals surface area contributed by atoms with Gasteiger partial charge in [0.2, 0.25) is 0 Å². The van der Waals surface area contributed by atoms with Crippen LogP contribution >= 0.6 is 24.0 Å². The van der Waals surface area contributed by atoms with Gasteiger partial charge in [0.15, 0.2) is 5.96 Å². The van der Waals surface area contributed by atoms with E-state index in [9.17, 15) is 0 Å². The summed E-state index contributed by atoms with van der Waals surface area (Å²) in [5.74, 6) is 2.52. The van der Waals surface area contributed by atoms with E-state index in [0.29, 0.717) is 0 Å². The molecule has 0 radical (unpaired) electrons. The molecule has 118 valence electrons. The topological polar surface area (TPSA) is 27.6 Å². The molecule has 0 amide bonds. The third-order valence-electron chi connectivity index (χ3n) is 4.09. The lowest BCUT2D eigenvalue weighted by Crippen LogP contribution is -2.40. The molecule has 1 aliphatic carbocycles. The van der Waals surface area contributed by atoms with Crippen molar-refractivity contribution in [3.05, 3.63) is 35.9 Å². The quantitative estimate of drug-likeness (QED) is 0.447. The summed E-state index contributed by atoms with van der Waals surface area (Å²) in [4.78, 5) is 6.60. The van der Waals surface area contributed by atoms with Crippen LogP contribution in [0, 0.1) is 5.92 Å². The average Bonchev–Trinajstić information content (AvgIpc) is 3.26. The minimum Gasteiger partial charge on any atom is -0.356 e. The molecule has 4 heteroatoms. The van der Waals surface area contributed by atoms with Crippen molar-refractivity contribution in [1.82, 2.24) is 10.2 Å². The van der Waals surface area contributed by atoms with Gasteiger partial charge in [-0.15, -0.1) is 24.0 Å². The Hall–Kier alpha value is -0.780. The van der Waals surface area contributed by atoms with Gasteiger partial charge in [-0.1, -0.05) is 43.7 Å². The van der Waals surface area contributed by atoms with E-state index in [1.165, 1.54) is 24.8 Å². The predicted molar refractivity (Wildman–Crippen MR) is 102 cm³/mol. The van der Waals surface area contributed by atoms with Crippen LogP contribution in [0.2, 0.25) is 0 Å². The molecule has 0 heterocycles. The molecule has 2 unspecified atom stereocenters. The van der Waals surface area contributed by atoms with Crippen molar-refractivity contribution in [2.75, 3.05) is 27.2 Å². The van der Waals surface area contributed by atoms with Crippen LogP contribution in [0.3, 0.4) is 0 Å². The zero-order valence-corrected chi connectivity index (χ0v) is 15.7. The molecule has 1 N–H and O–H groups in total. The molecule has 1 saturated carbocycles. The van der Waals surface area contributed by atoms with Crippen molar-refractivity contribution in [2.45, 2.75) is 32.1 Å². The highest BCUT2D eigenvalue weighted by molar-refractivity contribution is 14.0. The number of nitrogens with zero attached hydrogens (tertiary/aromatic N) is 2. The van der Waals surface area contributed by atoms with Gasteiger partial charge < -0.3 is 10.2 Å². The number of guanidine groups is 1. The largest absolute Gasteiger partial charge is 0.356 e. The molecule has 2 atom stereocenters. The van der Waals surface area contributed by atoms with Gasteiger partial charge in [0, 0.05) is 27.2 Å². The molecule has 1 aliphatic rings. The second kappa shape index (κ2) is 9.28. The van der Waals surface area contributed by atoms with Crippen molar-refractivity contribution in [2.24, 2.45) is 10.9 Å². The van der Waals surface area contributed by atoms with E-state index in [0.717, 1.165) is 30.9 Å². The Labute approximate surface area is 146 Å². The lowest BCUT2D eigenvalue weighted by Gasteiger charge is -2.21. The van der Waals surface area contributed by atoms with Crippen LogP contribution in [0.15, 0.2) is 35.3 Å². The number of unbranched alkanes of at least 4 members (excludes halogenated alkanes) is 1. The third-order valence-corrected chi connectivity index (χ3v) is 4.09. The summed E-state index contributed by atoms with van der Waals surface area (Å²) >= 11 is 0. The SMILES string of the molecule is CCCCN(C)C(=NC)NCC1CC1c1ccccc1.I. The number of nitrogens with one attached hydrogen (secondary N) is 1. The Kier molecular flexibility index (Phi) is 8.07. The van der Waals surface area contributed by atoms with Gasteiger partial charge in [-0.05, 0) is 30.2 Å². The highest BCUT2D eigenvalue weighted by atomic mass is 127. The Morgan fingerprint density at radius 3 is 2.67 bits per heavy atom. The number of benzene rings is 1. The van der Waals surface area contributed by atoms with Gasteiger partial charge >= 0.3 is 0 Å². The van der Waals surface area contributed by atoms with Gasteiger partial charge in [-0.3, -0.25) is 4.99 Å². The smallest absolute Gasteiger partial charge is 0.193 e. The first kappa shape index (κ1) is 18.3.